The van der Waals surface area contributed by atoms with Gasteiger partial charge in [-0.15, -0.1) is 0 Å². The van der Waals surface area contributed by atoms with Gasteiger partial charge in [0.25, 0.3) is 0 Å². The molecule has 0 amide bonds. The first kappa shape index (κ1) is 17.5. The predicted octanol–water partition coefficient (Wildman–Crippen LogP) is 5.95. The summed E-state index contributed by atoms with van der Waals surface area (Å²) in [4.78, 5) is 0. The van der Waals surface area contributed by atoms with Crippen molar-refractivity contribution in [2.24, 2.45) is 10.8 Å². The summed E-state index contributed by atoms with van der Waals surface area (Å²) >= 11 is 3.74. The second-order valence-electron chi connectivity index (χ2n) is 7.31. The van der Waals surface area contributed by atoms with Gasteiger partial charge in [0.2, 0.25) is 0 Å². The van der Waals surface area contributed by atoms with Crippen LogP contribution >= 0.6 is 15.9 Å². The largest absolute Gasteiger partial charge is 0.378 e. The molecule has 2 heteroatoms. The average Bonchev–Trinajstić information content (AvgIpc) is 2.38. The second-order valence-corrected chi connectivity index (χ2v) is 7.87. The number of halogens is 1. The van der Waals surface area contributed by atoms with Crippen molar-refractivity contribution in [1.29, 1.82) is 0 Å². The van der Waals surface area contributed by atoms with Crippen LogP contribution in [0.2, 0.25) is 0 Å². The number of ether oxygens (including phenoxy) is 1. The highest BCUT2D eigenvalue weighted by molar-refractivity contribution is 9.09. The van der Waals surface area contributed by atoms with Gasteiger partial charge in [-0.25, -0.2) is 0 Å². The molecule has 0 aromatic carbocycles. The summed E-state index contributed by atoms with van der Waals surface area (Å²) in [5.74, 6) is 0. The van der Waals surface area contributed by atoms with Crippen LogP contribution in [0, 0.1) is 10.8 Å². The summed E-state index contributed by atoms with van der Waals surface area (Å²) in [7, 11) is 0. The van der Waals surface area contributed by atoms with Gasteiger partial charge in [-0.3, -0.25) is 0 Å². The topological polar surface area (TPSA) is 9.23 Å². The van der Waals surface area contributed by atoms with Crippen LogP contribution in [0.1, 0.15) is 79.1 Å². The van der Waals surface area contributed by atoms with Gasteiger partial charge in [0.1, 0.15) is 0 Å². The molecule has 1 fully saturated rings. The zero-order chi connectivity index (χ0) is 14.4. The maximum Gasteiger partial charge on any atom is 0.0575 e. The van der Waals surface area contributed by atoms with E-state index in [9.17, 15) is 0 Å². The smallest absolute Gasteiger partial charge is 0.0575 e. The number of rotatable bonds is 8. The van der Waals surface area contributed by atoms with Gasteiger partial charge in [-0.05, 0) is 43.9 Å². The van der Waals surface area contributed by atoms with Gasteiger partial charge < -0.3 is 4.74 Å². The van der Waals surface area contributed by atoms with E-state index in [1.165, 1.54) is 51.4 Å². The highest BCUT2D eigenvalue weighted by Gasteiger charge is 2.31. The normalized spacial score (nSPS) is 20.7. The molecule has 1 aliphatic carbocycles. The standard InChI is InChI=1S/C17H33BrO/c1-5-9-17(13-18,10-6-2)14-19-15-7-11-16(3,4)12-8-15/h15H,5-14H2,1-4H3. The summed E-state index contributed by atoms with van der Waals surface area (Å²) in [6.45, 7) is 10.3. The molecule has 0 bridgehead atoms. The molecule has 19 heavy (non-hydrogen) atoms. The first-order chi connectivity index (χ1) is 8.97. The summed E-state index contributed by atoms with van der Waals surface area (Å²) in [5, 5.41) is 1.08. The molecule has 0 aromatic rings. The molecule has 0 heterocycles. The maximum absolute atomic E-state index is 6.31. The van der Waals surface area contributed by atoms with E-state index in [2.05, 4.69) is 43.6 Å². The fraction of sp³-hybridized carbons (Fsp3) is 1.00. The highest BCUT2D eigenvalue weighted by atomic mass is 79.9. The first-order valence-electron chi connectivity index (χ1n) is 8.14. The summed E-state index contributed by atoms with van der Waals surface area (Å²) in [6.07, 6.45) is 10.7. The Kier molecular flexibility index (Phi) is 7.39. The minimum atomic E-state index is 0.371. The highest BCUT2D eigenvalue weighted by Crippen LogP contribution is 2.38. The van der Waals surface area contributed by atoms with Crippen molar-refractivity contribution in [1.82, 2.24) is 0 Å². The van der Waals surface area contributed by atoms with Crippen molar-refractivity contribution in [3.05, 3.63) is 0 Å². The quantitative estimate of drug-likeness (QED) is 0.499. The van der Waals surface area contributed by atoms with Crippen LogP contribution in [0.15, 0.2) is 0 Å². The van der Waals surface area contributed by atoms with E-state index < -0.39 is 0 Å². The van der Waals surface area contributed by atoms with Gasteiger partial charge in [0.15, 0.2) is 0 Å². The van der Waals surface area contributed by atoms with E-state index in [0.717, 1.165) is 11.9 Å². The van der Waals surface area contributed by atoms with E-state index in [-0.39, 0.29) is 0 Å². The van der Waals surface area contributed by atoms with Gasteiger partial charge in [0, 0.05) is 10.7 Å². The number of alkyl halides is 1. The molecule has 1 aliphatic rings. The third-order valence-electron chi connectivity index (χ3n) is 4.76. The second kappa shape index (κ2) is 8.02. The Balaban J connectivity index is 2.43. The van der Waals surface area contributed by atoms with Gasteiger partial charge >= 0.3 is 0 Å². The molecule has 0 atom stereocenters. The lowest BCUT2D eigenvalue weighted by atomic mass is 9.76. The van der Waals surface area contributed by atoms with E-state index in [1.54, 1.807) is 0 Å². The van der Waals surface area contributed by atoms with Gasteiger partial charge in [-0.2, -0.15) is 0 Å². The Morgan fingerprint density at radius 1 is 1.11 bits per heavy atom. The molecular weight excluding hydrogens is 300 g/mol. The SMILES string of the molecule is CCCC(CBr)(CCC)COC1CCC(C)(C)CC1. The molecule has 1 nitrogen and oxygen atoms in total. The van der Waals surface area contributed by atoms with Crippen LogP contribution in [-0.2, 0) is 4.74 Å². The Morgan fingerprint density at radius 2 is 1.63 bits per heavy atom. The predicted molar refractivity (Wildman–Crippen MR) is 88.0 cm³/mol. The van der Waals surface area contributed by atoms with Gasteiger partial charge in [-0.1, -0.05) is 56.5 Å². The van der Waals surface area contributed by atoms with E-state index in [0.29, 0.717) is 16.9 Å². The molecule has 1 saturated carbocycles. The molecule has 1 rings (SSSR count). The van der Waals surface area contributed by atoms with Crippen molar-refractivity contribution >= 4 is 15.9 Å². The fourth-order valence-electron chi connectivity index (χ4n) is 3.34. The number of hydrogen-bond acceptors (Lipinski definition) is 1. The minimum Gasteiger partial charge on any atom is -0.378 e. The molecule has 0 spiro atoms. The lowest BCUT2D eigenvalue weighted by molar-refractivity contribution is -0.0384. The molecule has 0 N–H and O–H groups in total. The zero-order valence-corrected chi connectivity index (χ0v) is 15.0. The molecule has 0 aromatic heterocycles. The van der Waals surface area contributed by atoms with Crippen LogP contribution in [0.3, 0.4) is 0 Å². The Bertz CT molecular complexity index is 234. The van der Waals surface area contributed by atoms with Crippen LogP contribution in [0.4, 0.5) is 0 Å². The Morgan fingerprint density at radius 3 is 2.05 bits per heavy atom. The van der Waals surface area contributed by atoms with Crippen molar-refractivity contribution in [3.63, 3.8) is 0 Å². The third-order valence-corrected chi connectivity index (χ3v) is 5.95. The zero-order valence-electron chi connectivity index (χ0n) is 13.4. The molecular formula is C17H33BrO. The van der Waals surface area contributed by atoms with Crippen LogP contribution in [-0.4, -0.2) is 18.0 Å². The van der Waals surface area contributed by atoms with Crippen molar-refractivity contribution < 1.29 is 4.74 Å². The van der Waals surface area contributed by atoms with E-state index >= 15 is 0 Å². The van der Waals surface area contributed by atoms with Gasteiger partial charge in [0.05, 0.1) is 12.7 Å². The molecule has 114 valence electrons. The summed E-state index contributed by atoms with van der Waals surface area (Å²) < 4.78 is 6.31. The first-order valence-corrected chi connectivity index (χ1v) is 9.27. The van der Waals surface area contributed by atoms with Crippen LogP contribution < -0.4 is 0 Å². The third kappa shape index (κ3) is 5.75. The molecule has 0 unspecified atom stereocenters. The fourth-order valence-corrected chi connectivity index (χ4v) is 4.06. The van der Waals surface area contributed by atoms with Crippen LogP contribution in [0.5, 0.6) is 0 Å². The maximum atomic E-state index is 6.31. The monoisotopic (exact) mass is 332 g/mol. The van der Waals surface area contributed by atoms with Crippen LogP contribution in [0.25, 0.3) is 0 Å². The molecule has 0 aliphatic heterocycles. The van der Waals surface area contributed by atoms with Crippen molar-refractivity contribution in [2.45, 2.75) is 85.2 Å². The van der Waals surface area contributed by atoms with E-state index in [1.807, 2.05) is 0 Å². The summed E-state index contributed by atoms with van der Waals surface area (Å²) in [6, 6.07) is 0. The van der Waals surface area contributed by atoms with Crippen molar-refractivity contribution in [3.8, 4) is 0 Å². The number of hydrogen-bond donors (Lipinski definition) is 0. The molecule has 0 saturated heterocycles. The minimum absolute atomic E-state index is 0.371. The summed E-state index contributed by atoms with van der Waals surface area (Å²) in [5.41, 5.74) is 0.912. The molecule has 0 radical (unpaired) electrons. The lowest BCUT2D eigenvalue weighted by Gasteiger charge is -2.37. The average molecular weight is 333 g/mol. The van der Waals surface area contributed by atoms with Crippen molar-refractivity contribution in [2.75, 3.05) is 11.9 Å². The van der Waals surface area contributed by atoms with E-state index in [4.69, 9.17) is 4.74 Å². The lowest BCUT2D eigenvalue weighted by Crippen LogP contribution is -2.34. The Labute approximate surface area is 129 Å². The Hall–Kier alpha value is 0.440.